The molecule has 2 rings (SSSR count). The van der Waals surface area contributed by atoms with Crippen LogP contribution >= 0.6 is 0 Å². The molecule has 1 aliphatic rings. The minimum Gasteiger partial charge on any atom is -0.309 e. The van der Waals surface area contributed by atoms with Crippen LogP contribution in [0.25, 0.3) is 0 Å². The van der Waals surface area contributed by atoms with E-state index in [0.717, 1.165) is 31.6 Å². The monoisotopic (exact) mass is 286 g/mol. The van der Waals surface area contributed by atoms with Gasteiger partial charge in [0.05, 0.1) is 0 Å². The number of carbonyl (C=O) groups excluding carboxylic acids is 1. The first-order valence-electron chi connectivity index (χ1n) is 7.91. The minimum atomic E-state index is 0.219. The number of nitrogens with zero attached hydrogens (tertiary/aromatic N) is 2. The first kappa shape index (κ1) is 15.8. The van der Waals surface area contributed by atoms with Gasteiger partial charge in [0.15, 0.2) is 0 Å². The molecular formula is C18H26N2O. The van der Waals surface area contributed by atoms with Gasteiger partial charge in [0, 0.05) is 37.3 Å². The van der Waals surface area contributed by atoms with E-state index >= 15 is 0 Å². The van der Waals surface area contributed by atoms with Crippen LogP contribution in [-0.4, -0.2) is 36.0 Å². The predicted molar refractivity (Wildman–Crippen MR) is 88.5 cm³/mol. The van der Waals surface area contributed by atoms with Gasteiger partial charge in [0.2, 0.25) is 5.91 Å². The number of piperidine rings is 1. The summed E-state index contributed by atoms with van der Waals surface area (Å²) in [4.78, 5) is 16.8. The Kier molecular flexibility index (Phi) is 5.57. The van der Waals surface area contributed by atoms with Crippen LogP contribution in [0.4, 0.5) is 5.69 Å². The molecule has 114 valence electrons. The zero-order chi connectivity index (χ0) is 15.2. The van der Waals surface area contributed by atoms with Gasteiger partial charge < -0.3 is 4.90 Å². The van der Waals surface area contributed by atoms with E-state index in [4.69, 9.17) is 0 Å². The second-order valence-electron chi connectivity index (χ2n) is 5.70. The Bertz CT molecular complexity index is 463. The molecule has 1 saturated heterocycles. The average Bonchev–Trinajstić information content (AvgIpc) is 2.55. The number of anilines is 1. The third-order valence-electron chi connectivity index (χ3n) is 4.39. The van der Waals surface area contributed by atoms with Crippen LogP contribution in [0.3, 0.4) is 0 Å². The molecule has 1 aliphatic heterocycles. The average molecular weight is 286 g/mol. The van der Waals surface area contributed by atoms with Crippen LogP contribution in [0.1, 0.15) is 33.1 Å². The molecule has 1 aromatic rings. The zero-order valence-electron chi connectivity index (χ0n) is 13.2. The van der Waals surface area contributed by atoms with Crippen molar-refractivity contribution in [3.63, 3.8) is 0 Å². The summed E-state index contributed by atoms with van der Waals surface area (Å²) in [6.45, 7) is 10.0. The van der Waals surface area contributed by atoms with Gasteiger partial charge in [-0.1, -0.05) is 31.2 Å². The summed E-state index contributed by atoms with van der Waals surface area (Å²) in [5.74, 6) is 0.219. The quantitative estimate of drug-likeness (QED) is 0.774. The van der Waals surface area contributed by atoms with E-state index in [9.17, 15) is 4.79 Å². The largest absolute Gasteiger partial charge is 0.309 e. The minimum absolute atomic E-state index is 0.219. The van der Waals surface area contributed by atoms with Gasteiger partial charge in [-0.2, -0.15) is 0 Å². The molecule has 3 nitrogen and oxygen atoms in total. The highest BCUT2D eigenvalue weighted by molar-refractivity contribution is 5.93. The molecule has 1 fully saturated rings. The lowest BCUT2D eigenvalue weighted by atomic mass is 10.0. The number of amides is 1. The third-order valence-corrected chi connectivity index (χ3v) is 4.39. The molecule has 3 heteroatoms. The van der Waals surface area contributed by atoms with Crippen molar-refractivity contribution in [3.8, 4) is 0 Å². The van der Waals surface area contributed by atoms with Gasteiger partial charge >= 0.3 is 0 Å². The lowest BCUT2D eigenvalue weighted by molar-refractivity contribution is -0.119. The Morgan fingerprint density at radius 2 is 2.00 bits per heavy atom. The van der Waals surface area contributed by atoms with E-state index in [1.54, 1.807) is 0 Å². The van der Waals surface area contributed by atoms with Crippen LogP contribution in [0, 0.1) is 0 Å². The molecule has 0 aliphatic carbocycles. The Hall–Kier alpha value is -1.61. The standard InChI is InChI=1S/C18H26N2O/c1-4-15(3)19-13-11-17(12-14-19)20(18(21)5-2)16-9-7-6-8-10-16/h4,6-10,15,17H,1,5,11-14H2,2-3H3. The molecule has 0 N–H and O–H groups in total. The lowest BCUT2D eigenvalue weighted by Gasteiger charge is -2.40. The van der Waals surface area contributed by atoms with Crippen molar-refractivity contribution in [2.24, 2.45) is 0 Å². The number of carbonyl (C=O) groups is 1. The van der Waals surface area contributed by atoms with Gasteiger partial charge in [0.25, 0.3) is 0 Å². The summed E-state index contributed by atoms with van der Waals surface area (Å²) in [6, 6.07) is 10.8. The molecule has 0 bridgehead atoms. The maximum absolute atomic E-state index is 12.4. The van der Waals surface area contributed by atoms with Gasteiger partial charge in [-0.05, 0) is 31.9 Å². The number of benzene rings is 1. The van der Waals surface area contributed by atoms with Crippen molar-refractivity contribution >= 4 is 11.6 Å². The number of likely N-dealkylation sites (tertiary alicyclic amines) is 1. The molecule has 0 spiro atoms. The summed E-state index contributed by atoms with van der Waals surface area (Å²) in [5, 5.41) is 0. The maximum atomic E-state index is 12.4. The van der Waals surface area contributed by atoms with E-state index in [2.05, 4.69) is 18.4 Å². The van der Waals surface area contributed by atoms with E-state index in [1.165, 1.54) is 0 Å². The smallest absolute Gasteiger partial charge is 0.226 e. The fraction of sp³-hybridized carbons (Fsp3) is 0.500. The summed E-state index contributed by atoms with van der Waals surface area (Å²) in [6.07, 6.45) is 4.60. The number of rotatable bonds is 5. The van der Waals surface area contributed by atoms with Crippen LogP contribution in [0.2, 0.25) is 0 Å². The van der Waals surface area contributed by atoms with Crippen molar-refractivity contribution in [1.29, 1.82) is 0 Å². The van der Waals surface area contributed by atoms with E-state index in [1.807, 2.05) is 48.2 Å². The van der Waals surface area contributed by atoms with E-state index < -0.39 is 0 Å². The molecule has 1 aromatic carbocycles. The van der Waals surface area contributed by atoms with Crippen molar-refractivity contribution < 1.29 is 4.79 Å². The van der Waals surface area contributed by atoms with Crippen molar-refractivity contribution in [3.05, 3.63) is 43.0 Å². The second kappa shape index (κ2) is 7.41. The fourth-order valence-electron chi connectivity index (χ4n) is 3.02. The molecule has 1 atom stereocenters. The van der Waals surface area contributed by atoms with Gasteiger partial charge in [0.1, 0.15) is 0 Å². The Labute approximate surface area is 128 Å². The van der Waals surface area contributed by atoms with Crippen molar-refractivity contribution in [2.45, 2.75) is 45.2 Å². The Balaban J connectivity index is 2.10. The number of hydrogen-bond donors (Lipinski definition) is 0. The maximum Gasteiger partial charge on any atom is 0.226 e. The van der Waals surface area contributed by atoms with Crippen molar-refractivity contribution in [2.75, 3.05) is 18.0 Å². The highest BCUT2D eigenvalue weighted by Crippen LogP contribution is 2.25. The fourth-order valence-corrected chi connectivity index (χ4v) is 3.02. The van der Waals surface area contributed by atoms with Gasteiger partial charge in [-0.15, -0.1) is 6.58 Å². The third kappa shape index (κ3) is 3.73. The van der Waals surface area contributed by atoms with Gasteiger partial charge in [-0.3, -0.25) is 9.69 Å². The summed E-state index contributed by atoms with van der Waals surface area (Å²) >= 11 is 0. The number of para-hydroxylation sites is 1. The highest BCUT2D eigenvalue weighted by atomic mass is 16.2. The normalized spacial score (nSPS) is 18.2. The van der Waals surface area contributed by atoms with Crippen LogP contribution < -0.4 is 4.90 Å². The summed E-state index contributed by atoms with van der Waals surface area (Å²) in [5.41, 5.74) is 1.03. The SMILES string of the molecule is C=CC(C)N1CCC(N(C(=O)CC)c2ccccc2)CC1. The molecule has 0 saturated carbocycles. The summed E-state index contributed by atoms with van der Waals surface area (Å²) in [7, 11) is 0. The topological polar surface area (TPSA) is 23.6 Å². The second-order valence-corrected chi connectivity index (χ2v) is 5.70. The Morgan fingerprint density at radius 1 is 1.38 bits per heavy atom. The molecule has 21 heavy (non-hydrogen) atoms. The molecule has 1 heterocycles. The number of hydrogen-bond acceptors (Lipinski definition) is 2. The lowest BCUT2D eigenvalue weighted by Crippen LogP contribution is -2.49. The van der Waals surface area contributed by atoms with Crippen LogP contribution in [-0.2, 0) is 4.79 Å². The predicted octanol–water partition coefficient (Wildman–Crippen LogP) is 3.47. The molecule has 1 unspecified atom stereocenters. The van der Waals surface area contributed by atoms with E-state index in [-0.39, 0.29) is 5.91 Å². The molecule has 0 radical (unpaired) electrons. The zero-order valence-corrected chi connectivity index (χ0v) is 13.2. The van der Waals surface area contributed by atoms with Gasteiger partial charge in [-0.25, -0.2) is 0 Å². The van der Waals surface area contributed by atoms with Crippen molar-refractivity contribution in [1.82, 2.24) is 4.90 Å². The molecule has 1 amide bonds. The molecule has 0 aromatic heterocycles. The Morgan fingerprint density at radius 3 is 2.52 bits per heavy atom. The summed E-state index contributed by atoms with van der Waals surface area (Å²) < 4.78 is 0. The van der Waals surface area contributed by atoms with Crippen LogP contribution in [0.5, 0.6) is 0 Å². The van der Waals surface area contributed by atoms with Crippen LogP contribution in [0.15, 0.2) is 43.0 Å². The highest BCUT2D eigenvalue weighted by Gasteiger charge is 2.29. The molecular weight excluding hydrogens is 260 g/mol. The first-order valence-corrected chi connectivity index (χ1v) is 7.91. The first-order chi connectivity index (χ1) is 10.2. The van der Waals surface area contributed by atoms with E-state index in [0.29, 0.717) is 18.5 Å².